The van der Waals surface area contributed by atoms with Crippen molar-refractivity contribution in [3.8, 4) is 0 Å². The Balaban J connectivity index is 2.30. The third-order valence-corrected chi connectivity index (χ3v) is 10.2. The maximum absolute atomic E-state index is 14.7. The van der Waals surface area contributed by atoms with E-state index in [1.54, 1.807) is 30.3 Å². The van der Waals surface area contributed by atoms with Gasteiger partial charge in [0.1, 0.15) is 0 Å². The van der Waals surface area contributed by atoms with Gasteiger partial charge < -0.3 is 4.57 Å². The number of benzene rings is 3. The molecule has 0 bridgehead atoms. The lowest BCUT2D eigenvalue weighted by atomic mass is 10.0. The molecule has 0 saturated heterocycles. The minimum atomic E-state index is -4.19. The summed E-state index contributed by atoms with van der Waals surface area (Å²) in [5.74, 6) is 0. The fourth-order valence-electron chi connectivity index (χ4n) is 4.18. The van der Waals surface area contributed by atoms with E-state index in [-0.39, 0.29) is 5.30 Å². The Hall–Kier alpha value is -1.33. The molecule has 0 saturated carbocycles. The Morgan fingerprint density at radius 2 is 1.15 bits per heavy atom. The van der Waals surface area contributed by atoms with Crippen molar-refractivity contribution in [3.05, 3.63) is 99.1 Å². The molecule has 0 aromatic heterocycles. The van der Waals surface area contributed by atoms with Crippen LogP contribution in [0.4, 0.5) is 0 Å². The smallest absolute Gasteiger partial charge is 0.248 e. The summed E-state index contributed by atoms with van der Waals surface area (Å²) in [5, 5.41) is 1.95. The number of alkyl halides is 3. The van der Waals surface area contributed by atoms with Gasteiger partial charge in [0.25, 0.3) is 0 Å². The molecule has 33 heavy (non-hydrogen) atoms. The summed E-state index contributed by atoms with van der Waals surface area (Å²) in [6, 6.07) is 16.0. The minimum absolute atomic E-state index is 0.257. The highest BCUT2D eigenvalue weighted by molar-refractivity contribution is 9.09. The molecule has 0 N–H and O–H groups in total. The van der Waals surface area contributed by atoms with E-state index in [1.165, 1.54) is 0 Å². The highest BCUT2D eigenvalue weighted by atomic mass is 79.9. The fraction of sp³-hybridized carbons (Fsp3) is 0.231. The van der Waals surface area contributed by atoms with Gasteiger partial charge in [-0.25, -0.2) is 0 Å². The van der Waals surface area contributed by atoms with E-state index in [1.807, 2.05) is 45.0 Å². The van der Waals surface area contributed by atoms with E-state index >= 15 is 0 Å². The maximum Gasteiger partial charge on any atom is 0.248 e. The topological polar surface area (TPSA) is 51.2 Å². The number of hydrogen-bond acceptors (Lipinski definition) is 3. The summed E-state index contributed by atoms with van der Waals surface area (Å²) in [4.78, 5) is 28.1. The van der Waals surface area contributed by atoms with Crippen LogP contribution in [0.5, 0.6) is 0 Å². The maximum atomic E-state index is 14.7. The van der Waals surface area contributed by atoms with Crippen molar-refractivity contribution in [2.45, 2.75) is 36.8 Å². The van der Waals surface area contributed by atoms with Crippen LogP contribution in [0, 0.1) is 20.8 Å². The second-order valence-corrected chi connectivity index (χ2v) is 12.2. The van der Waals surface area contributed by atoms with E-state index in [9.17, 15) is 14.2 Å². The summed E-state index contributed by atoms with van der Waals surface area (Å²) in [6.07, 6.45) is 0. The van der Waals surface area contributed by atoms with Crippen molar-refractivity contribution < 1.29 is 14.2 Å². The van der Waals surface area contributed by atoms with Gasteiger partial charge >= 0.3 is 0 Å². The molecule has 7 heteroatoms. The first-order valence-electron chi connectivity index (χ1n) is 10.3. The van der Waals surface area contributed by atoms with E-state index in [0.717, 1.165) is 16.7 Å². The summed E-state index contributed by atoms with van der Waals surface area (Å²) >= 11 is 10.4. The second-order valence-electron chi connectivity index (χ2n) is 8.01. The monoisotopic (exact) mass is 652 g/mol. The summed E-state index contributed by atoms with van der Waals surface area (Å²) in [7, 11) is -4.19. The van der Waals surface area contributed by atoms with Gasteiger partial charge in [-0.15, -0.1) is 0 Å². The summed E-state index contributed by atoms with van der Waals surface area (Å²) in [5.41, 5.74) is 4.37. The predicted octanol–water partition coefficient (Wildman–Crippen LogP) is 7.97. The van der Waals surface area contributed by atoms with Crippen molar-refractivity contribution in [1.82, 2.24) is 0 Å². The molecule has 0 heterocycles. The van der Waals surface area contributed by atoms with E-state index < -0.39 is 18.2 Å². The quantitative estimate of drug-likeness (QED) is 0.183. The highest BCUT2D eigenvalue weighted by Gasteiger charge is 2.44. The number of halogens is 3. The first kappa shape index (κ1) is 26.3. The van der Waals surface area contributed by atoms with E-state index in [2.05, 4.69) is 47.8 Å². The standard InChI is InChI=1S/C26H24Br3O3P/c1-16-9-19(13-27)10-17(2)23(16)25(30)33(32,22-7-5-4-6-8-22)26(31)24-18(3)11-20(14-28)12-21(24)15-29/h4-12H,13-15H2,1-3H3. The molecule has 3 aromatic rings. The Labute approximate surface area is 220 Å². The third kappa shape index (κ3) is 5.05. The van der Waals surface area contributed by atoms with Gasteiger partial charge in [-0.2, -0.15) is 0 Å². The molecule has 172 valence electrons. The average molecular weight is 655 g/mol. The van der Waals surface area contributed by atoms with Gasteiger partial charge in [0.2, 0.25) is 18.2 Å². The van der Waals surface area contributed by atoms with Crippen molar-refractivity contribution in [3.63, 3.8) is 0 Å². The lowest BCUT2D eigenvalue weighted by molar-refractivity contribution is 0.104. The lowest BCUT2D eigenvalue weighted by Gasteiger charge is -2.22. The Morgan fingerprint density at radius 3 is 1.64 bits per heavy atom. The molecule has 1 unspecified atom stereocenters. The Kier molecular flexibility index (Phi) is 8.71. The highest BCUT2D eigenvalue weighted by Crippen LogP contribution is 2.53. The Morgan fingerprint density at radius 1 is 0.697 bits per heavy atom. The van der Waals surface area contributed by atoms with Crippen molar-refractivity contribution in [1.29, 1.82) is 0 Å². The molecule has 0 fully saturated rings. The van der Waals surface area contributed by atoms with Crippen LogP contribution in [0.15, 0.2) is 54.6 Å². The molecule has 0 aliphatic carbocycles. The van der Waals surface area contributed by atoms with Crippen LogP contribution in [-0.4, -0.2) is 11.0 Å². The van der Waals surface area contributed by atoms with Crippen molar-refractivity contribution >= 4 is 71.3 Å². The van der Waals surface area contributed by atoms with Crippen LogP contribution in [-0.2, 0) is 20.6 Å². The third-order valence-electron chi connectivity index (χ3n) is 5.64. The largest absolute Gasteiger partial charge is 0.302 e. The molecule has 3 aromatic carbocycles. The van der Waals surface area contributed by atoms with Crippen LogP contribution in [0.25, 0.3) is 0 Å². The van der Waals surface area contributed by atoms with Crippen LogP contribution < -0.4 is 5.30 Å². The predicted molar refractivity (Wildman–Crippen MR) is 147 cm³/mol. The Bertz CT molecular complexity index is 1250. The zero-order valence-electron chi connectivity index (χ0n) is 18.6. The summed E-state index contributed by atoms with van der Waals surface area (Å²) < 4.78 is 14.7. The molecule has 3 nitrogen and oxygen atoms in total. The average Bonchev–Trinajstić information content (AvgIpc) is 2.82. The zero-order chi connectivity index (χ0) is 24.3. The molecule has 0 aliphatic heterocycles. The number of rotatable bonds is 8. The zero-order valence-corrected chi connectivity index (χ0v) is 24.3. The molecular weight excluding hydrogens is 631 g/mol. The normalized spacial score (nSPS) is 12.9. The van der Waals surface area contributed by atoms with Crippen molar-refractivity contribution in [2.75, 3.05) is 0 Å². The number of carbonyl (C=O) groups excluding carboxylic acids is 2. The lowest BCUT2D eigenvalue weighted by Crippen LogP contribution is -2.23. The number of hydrogen-bond donors (Lipinski definition) is 0. The number of carbonyl (C=O) groups is 2. The molecule has 0 aliphatic rings. The SMILES string of the molecule is Cc1cc(CBr)cc(C)c1C(=O)P(=O)(C(=O)c1c(C)cc(CBr)cc1CBr)c1ccccc1. The number of aryl methyl sites for hydroxylation is 3. The second kappa shape index (κ2) is 10.9. The molecule has 0 spiro atoms. The van der Waals surface area contributed by atoms with Crippen LogP contribution in [0.2, 0.25) is 0 Å². The van der Waals surface area contributed by atoms with Gasteiger partial charge in [0.05, 0.1) is 0 Å². The molecule has 3 rings (SSSR count). The van der Waals surface area contributed by atoms with Gasteiger partial charge in [-0.05, 0) is 54.2 Å². The van der Waals surface area contributed by atoms with Gasteiger partial charge in [0.15, 0.2) is 0 Å². The van der Waals surface area contributed by atoms with Crippen LogP contribution in [0.3, 0.4) is 0 Å². The van der Waals surface area contributed by atoms with E-state index in [0.29, 0.717) is 43.8 Å². The fourth-order valence-corrected chi connectivity index (χ4v) is 7.81. The van der Waals surface area contributed by atoms with E-state index in [4.69, 9.17) is 0 Å². The van der Waals surface area contributed by atoms with Gasteiger partial charge in [0, 0.05) is 32.4 Å². The van der Waals surface area contributed by atoms with Gasteiger partial charge in [-0.1, -0.05) is 102 Å². The molecular formula is C26H24Br3O3P. The molecule has 0 radical (unpaired) electrons. The van der Waals surface area contributed by atoms with Crippen LogP contribution in [0.1, 0.15) is 54.1 Å². The summed E-state index contributed by atoms with van der Waals surface area (Å²) in [6.45, 7) is 5.48. The van der Waals surface area contributed by atoms with Gasteiger partial charge in [-0.3, -0.25) is 9.59 Å². The van der Waals surface area contributed by atoms with Crippen molar-refractivity contribution in [2.24, 2.45) is 0 Å². The minimum Gasteiger partial charge on any atom is -0.302 e. The molecule has 0 amide bonds. The molecule has 1 atom stereocenters. The first-order chi connectivity index (χ1) is 15.7. The first-order valence-corrected chi connectivity index (χ1v) is 15.4. The van der Waals surface area contributed by atoms with Crippen LogP contribution >= 0.6 is 54.9 Å².